The molecule has 0 aliphatic heterocycles. The van der Waals surface area contributed by atoms with Crippen LogP contribution in [0.25, 0.3) is 5.69 Å². The normalized spacial score (nSPS) is 14.2. The summed E-state index contributed by atoms with van der Waals surface area (Å²) in [6.45, 7) is 2.27. The van der Waals surface area contributed by atoms with Gasteiger partial charge in [0.15, 0.2) is 5.16 Å². The predicted octanol–water partition coefficient (Wildman–Crippen LogP) is 2.89. The molecule has 1 aliphatic carbocycles. The maximum atomic E-state index is 12.1. The fourth-order valence-electron chi connectivity index (χ4n) is 3.10. The number of halogens is 1. The standard InChI is InChI=1S/C19H24ClN5O2S/c1-13-6-7-15(10-16(13)20)25-12-22-24-19(25)28-11-18(27)21-9-8-17(26)23-14-4-2-3-5-14/h6-7,10,12,14H,2-5,8-9,11H2,1H3,(H,21,27)(H,23,26). The third-order valence-electron chi connectivity index (χ3n) is 4.68. The Morgan fingerprint density at radius 2 is 2.07 bits per heavy atom. The molecule has 0 radical (unpaired) electrons. The Labute approximate surface area is 173 Å². The van der Waals surface area contributed by atoms with E-state index in [9.17, 15) is 9.59 Å². The second-order valence-corrected chi connectivity index (χ2v) is 8.20. The number of thioether (sulfide) groups is 1. The molecule has 0 bridgehead atoms. The molecule has 1 aromatic heterocycles. The van der Waals surface area contributed by atoms with Gasteiger partial charge in [-0.2, -0.15) is 0 Å². The van der Waals surface area contributed by atoms with Gasteiger partial charge in [-0.15, -0.1) is 10.2 Å². The first-order chi connectivity index (χ1) is 13.5. The predicted molar refractivity (Wildman–Crippen MR) is 110 cm³/mol. The highest BCUT2D eigenvalue weighted by Gasteiger charge is 2.17. The number of aromatic nitrogens is 3. The van der Waals surface area contributed by atoms with Gasteiger partial charge in [0.1, 0.15) is 6.33 Å². The van der Waals surface area contributed by atoms with Crippen molar-refractivity contribution in [3.63, 3.8) is 0 Å². The lowest BCUT2D eigenvalue weighted by molar-refractivity contribution is -0.122. The van der Waals surface area contributed by atoms with Crippen LogP contribution in [0.1, 0.15) is 37.7 Å². The molecule has 9 heteroatoms. The summed E-state index contributed by atoms with van der Waals surface area (Å²) in [6.07, 6.45) is 6.36. The lowest BCUT2D eigenvalue weighted by atomic mass is 10.2. The van der Waals surface area contributed by atoms with Crippen molar-refractivity contribution in [2.24, 2.45) is 0 Å². The molecule has 150 valence electrons. The van der Waals surface area contributed by atoms with E-state index in [2.05, 4.69) is 20.8 Å². The number of amides is 2. The molecule has 0 spiro atoms. The summed E-state index contributed by atoms with van der Waals surface area (Å²) in [6, 6.07) is 6.00. The average molecular weight is 422 g/mol. The van der Waals surface area contributed by atoms with Crippen LogP contribution in [-0.2, 0) is 9.59 Å². The number of nitrogens with zero attached hydrogens (tertiary/aromatic N) is 3. The van der Waals surface area contributed by atoms with Crippen LogP contribution in [0.15, 0.2) is 29.7 Å². The van der Waals surface area contributed by atoms with Crippen LogP contribution in [0.5, 0.6) is 0 Å². The minimum atomic E-state index is -0.143. The third-order valence-corrected chi connectivity index (χ3v) is 6.03. The number of carbonyl (C=O) groups excluding carboxylic acids is 2. The van der Waals surface area contributed by atoms with Crippen LogP contribution in [-0.4, -0.2) is 44.9 Å². The Bertz CT molecular complexity index is 835. The van der Waals surface area contributed by atoms with Crippen LogP contribution in [0.2, 0.25) is 5.02 Å². The van der Waals surface area contributed by atoms with Gasteiger partial charge in [-0.25, -0.2) is 0 Å². The molecular formula is C19H24ClN5O2S. The van der Waals surface area contributed by atoms with E-state index in [1.165, 1.54) is 24.6 Å². The Balaban J connectivity index is 1.43. The molecule has 0 saturated heterocycles. The molecule has 1 aliphatic rings. The molecule has 3 rings (SSSR count). The van der Waals surface area contributed by atoms with E-state index in [0.717, 1.165) is 24.1 Å². The Morgan fingerprint density at radius 1 is 1.29 bits per heavy atom. The van der Waals surface area contributed by atoms with Gasteiger partial charge in [0.25, 0.3) is 0 Å². The molecule has 2 amide bonds. The smallest absolute Gasteiger partial charge is 0.230 e. The van der Waals surface area contributed by atoms with Crippen molar-refractivity contribution in [2.75, 3.05) is 12.3 Å². The summed E-state index contributed by atoms with van der Waals surface area (Å²) < 4.78 is 1.79. The number of benzene rings is 1. The van der Waals surface area contributed by atoms with Crippen molar-refractivity contribution in [1.82, 2.24) is 25.4 Å². The molecule has 1 fully saturated rings. The zero-order valence-electron chi connectivity index (χ0n) is 15.8. The number of rotatable bonds is 8. The molecule has 7 nitrogen and oxygen atoms in total. The van der Waals surface area contributed by atoms with E-state index in [1.54, 1.807) is 10.9 Å². The van der Waals surface area contributed by atoms with Gasteiger partial charge < -0.3 is 10.6 Å². The Hall–Kier alpha value is -2.06. The van der Waals surface area contributed by atoms with Gasteiger partial charge in [0.05, 0.1) is 11.4 Å². The topological polar surface area (TPSA) is 88.9 Å². The van der Waals surface area contributed by atoms with E-state index in [-0.39, 0.29) is 17.6 Å². The SMILES string of the molecule is Cc1ccc(-n2cnnc2SCC(=O)NCCC(=O)NC2CCCC2)cc1Cl. The van der Waals surface area contributed by atoms with Crippen molar-refractivity contribution in [2.45, 2.75) is 50.2 Å². The highest BCUT2D eigenvalue weighted by molar-refractivity contribution is 7.99. The van der Waals surface area contributed by atoms with Crippen LogP contribution in [0.4, 0.5) is 0 Å². The first kappa shape index (κ1) is 20.7. The summed E-state index contributed by atoms with van der Waals surface area (Å²) in [4.78, 5) is 23.9. The van der Waals surface area contributed by atoms with Crippen molar-refractivity contribution in [3.8, 4) is 5.69 Å². The maximum absolute atomic E-state index is 12.1. The summed E-state index contributed by atoms with van der Waals surface area (Å²) in [5.74, 6) is 0.0497. The third kappa shape index (κ3) is 5.72. The second-order valence-electron chi connectivity index (χ2n) is 6.85. The fourth-order valence-corrected chi connectivity index (χ4v) is 4.03. The monoisotopic (exact) mass is 421 g/mol. The van der Waals surface area contributed by atoms with Crippen LogP contribution in [0, 0.1) is 6.92 Å². The van der Waals surface area contributed by atoms with Gasteiger partial charge in [-0.3, -0.25) is 14.2 Å². The number of hydrogen-bond donors (Lipinski definition) is 2. The number of carbonyl (C=O) groups is 2. The summed E-state index contributed by atoms with van der Waals surface area (Å²) >= 11 is 7.47. The quantitative estimate of drug-likeness (QED) is 0.640. The molecule has 0 atom stereocenters. The molecule has 1 aromatic carbocycles. The average Bonchev–Trinajstić information content (AvgIpc) is 3.34. The molecule has 2 aromatic rings. The van der Waals surface area contributed by atoms with E-state index in [0.29, 0.717) is 29.2 Å². The minimum absolute atomic E-state index is 0.00385. The second kappa shape index (κ2) is 9.93. The molecule has 1 saturated carbocycles. The van der Waals surface area contributed by atoms with E-state index < -0.39 is 0 Å². The van der Waals surface area contributed by atoms with E-state index >= 15 is 0 Å². The van der Waals surface area contributed by atoms with Crippen molar-refractivity contribution >= 4 is 35.2 Å². The Kier molecular flexibility index (Phi) is 7.33. The van der Waals surface area contributed by atoms with E-state index in [4.69, 9.17) is 11.6 Å². The first-order valence-electron chi connectivity index (χ1n) is 9.38. The fraction of sp³-hybridized carbons (Fsp3) is 0.474. The van der Waals surface area contributed by atoms with Crippen LogP contribution < -0.4 is 10.6 Å². The number of hydrogen-bond acceptors (Lipinski definition) is 5. The largest absolute Gasteiger partial charge is 0.355 e. The zero-order chi connectivity index (χ0) is 19.9. The molecule has 1 heterocycles. The van der Waals surface area contributed by atoms with Gasteiger partial charge >= 0.3 is 0 Å². The molecule has 0 unspecified atom stereocenters. The lowest BCUT2D eigenvalue weighted by Crippen LogP contribution is -2.36. The number of aryl methyl sites for hydroxylation is 1. The van der Waals surface area contributed by atoms with E-state index in [1.807, 2.05) is 25.1 Å². The van der Waals surface area contributed by atoms with Gasteiger partial charge in [-0.1, -0.05) is 42.3 Å². The highest BCUT2D eigenvalue weighted by Crippen LogP contribution is 2.23. The zero-order valence-corrected chi connectivity index (χ0v) is 17.4. The Morgan fingerprint density at radius 3 is 2.82 bits per heavy atom. The molecule has 28 heavy (non-hydrogen) atoms. The first-order valence-corrected chi connectivity index (χ1v) is 10.7. The van der Waals surface area contributed by atoms with Gasteiger partial charge in [0.2, 0.25) is 11.8 Å². The van der Waals surface area contributed by atoms with Crippen molar-refractivity contribution in [3.05, 3.63) is 35.1 Å². The summed E-state index contributed by atoms with van der Waals surface area (Å²) in [5, 5.41) is 15.1. The number of nitrogens with one attached hydrogen (secondary N) is 2. The maximum Gasteiger partial charge on any atom is 0.230 e. The lowest BCUT2D eigenvalue weighted by Gasteiger charge is -2.12. The molecular weight excluding hydrogens is 398 g/mol. The molecule has 2 N–H and O–H groups in total. The van der Waals surface area contributed by atoms with Crippen LogP contribution in [0.3, 0.4) is 0 Å². The highest BCUT2D eigenvalue weighted by atomic mass is 35.5. The summed E-state index contributed by atoms with van der Waals surface area (Å²) in [5.41, 5.74) is 1.83. The van der Waals surface area contributed by atoms with Crippen molar-refractivity contribution in [1.29, 1.82) is 0 Å². The van der Waals surface area contributed by atoms with Crippen LogP contribution >= 0.6 is 23.4 Å². The van der Waals surface area contributed by atoms with Gasteiger partial charge in [-0.05, 0) is 37.5 Å². The summed E-state index contributed by atoms with van der Waals surface area (Å²) in [7, 11) is 0. The minimum Gasteiger partial charge on any atom is -0.355 e. The van der Waals surface area contributed by atoms with Gasteiger partial charge in [0, 0.05) is 24.0 Å². The van der Waals surface area contributed by atoms with Crippen molar-refractivity contribution < 1.29 is 9.59 Å².